The number of nitrogens with two attached hydrogens (primary N) is 1. The average molecular weight is 391 g/mol. The van der Waals surface area contributed by atoms with E-state index >= 15 is 0 Å². The molecule has 0 saturated carbocycles. The quantitative estimate of drug-likeness (QED) is 0.745. The molecule has 94 valence electrons. The molecule has 0 fully saturated rings. The molecule has 0 bridgehead atoms. The number of ether oxygens (including phenoxy) is 1. The molecule has 0 heterocycles. The van der Waals surface area contributed by atoms with Gasteiger partial charge in [0.1, 0.15) is 12.4 Å². The number of hydrogen-bond donors (Lipinski definition) is 1. The van der Waals surface area contributed by atoms with Crippen LogP contribution in [0.1, 0.15) is 5.56 Å². The van der Waals surface area contributed by atoms with Gasteiger partial charge in [-0.1, -0.05) is 39.7 Å². The molecule has 18 heavy (non-hydrogen) atoms. The molecule has 2 aromatic carbocycles. The van der Waals surface area contributed by atoms with Gasteiger partial charge in [0, 0.05) is 20.7 Å². The monoisotopic (exact) mass is 389 g/mol. The van der Waals surface area contributed by atoms with Gasteiger partial charge in [0.25, 0.3) is 0 Å². The van der Waals surface area contributed by atoms with Gasteiger partial charge >= 0.3 is 0 Å². The summed E-state index contributed by atoms with van der Waals surface area (Å²) in [6, 6.07) is 11.2. The standard InChI is InChI=1S/C13H10Br2ClNO/c14-9-5-4-8(10(16)6-9)7-18-12-3-1-2-11(17)13(12)15/h1-6H,7,17H2. The van der Waals surface area contributed by atoms with Crippen molar-refractivity contribution < 1.29 is 4.74 Å². The zero-order chi connectivity index (χ0) is 13.1. The van der Waals surface area contributed by atoms with Gasteiger partial charge in [0.05, 0.1) is 4.47 Å². The van der Waals surface area contributed by atoms with E-state index < -0.39 is 0 Å². The lowest BCUT2D eigenvalue weighted by Gasteiger charge is -2.10. The highest BCUT2D eigenvalue weighted by molar-refractivity contribution is 9.11. The van der Waals surface area contributed by atoms with Gasteiger partial charge in [-0.15, -0.1) is 0 Å². The zero-order valence-electron chi connectivity index (χ0n) is 9.29. The summed E-state index contributed by atoms with van der Waals surface area (Å²) in [6.45, 7) is 0.397. The second kappa shape index (κ2) is 5.95. The lowest BCUT2D eigenvalue weighted by atomic mass is 10.2. The first kappa shape index (κ1) is 13.7. The Hall–Kier alpha value is -0.710. The zero-order valence-corrected chi connectivity index (χ0v) is 13.2. The first-order chi connectivity index (χ1) is 8.58. The molecule has 0 atom stereocenters. The number of benzene rings is 2. The van der Waals surface area contributed by atoms with Crippen molar-refractivity contribution >= 4 is 49.1 Å². The van der Waals surface area contributed by atoms with Crippen molar-refractivity contribution in [2.45, 2.75) is 6.61 Å². The molecule has 2 nitrogen and oxygen atoms in total. The Kier molecular flexibility index (Phi) is 4.54. The van der Waals surface area contributed by atoms with Gasteiger partial charge in [-0.3, -0.25) is 0 Å². The van der Waals surface area contributed by atoms with Crippen molar-refractivity contribution in [2.75, 3.05) is 5.73 Å². The molecule has 0 aliphatic heterocycles. The SMILES string of the molecule is Nc1cccc(OCc2ccc(Br)cc2Cl)c1Br. The summed E-state index contributed by atoms with van der Waals surface area (Å²) in [5.41, 5.74) is 7.35. The molecule has 2 rings (SSSR count). The van der Waals surface area contributed by atoms with Crippen molar-refractivity contribution in [1.29, 1.82) is 0 Å². The highest BCUT2D eigenvalue weighted by Crippen LogP contribution is 2.31. The summed E-state index contributed by atoms with van der Waals surface area (Å²) >= 11 is 12.9. The molecule has 0 radical (unpaired) electrons. The number of anilines is 1. The Morgan fingerprint density at radius 3 is 2.67 bits per heavy atom. The Bertz CT molecular complexity index is 575. The third-order valence-corrected chi connectivity index (χ3v) is 4.09. The van der Waals surface area contributed by atoms with E-state index in [9.17, 15) is 0 Å². The summed E-state index contributed by atoms with van der Waals surface area (Å²) in [5.74, 6) is 0.703. The summed E-state index contributed by atoms with van der Waals surface area (Å²) in [5, 5.41) is 0.671. The summed E-state index contributed by atoms with van der Waals surface area (Å²) in [4.78, 5) is 0. The molecular formula is C13H10Br2ClNO. The maximum Gasteiger partial charge on any atom is 0.136 e. The molecule has 0 spiro atoms. The van der Waals surface area contributed by atoms with Crippen LogP contribution in [0.15, 0.2) is 45.3 Å². The molecule has 0 amide bonds. The van der Waals surface area contributed by atoms with Gasteiger partial charge in [0.2, 0.25) is 0 Å². The van der Waals surface area contributed by atoms with E-state index in [0.29, 0.717) is 23.1 Å². The predicted molar refractivity (Wildman–Crippen MR) is 82.0 cm³/mol. The highest BCUT2D eigenvalue weighted by Gasteiger charge is 2.06. The van der Waals surface area contributed by atoms with E-state index in [1.807, 2.05) is 36.4 Å². The first-order valence-corrected chi connectivity index (χ1v) is 7.15. The highest BCUT2D eigenvalue weighted by atomic mass is 79.9. The Morgan fingerprint density at radius 2 is 1.94 bits per heavy atom. The van der Waals surface area contributed by atoms with E-state index in [4.69, 9.17) is 22.1 Å². The first-order valence-electron chi connectivity index (χ1n) is 5.18. The van der Waals surface area contributed by atoms with Crippen LogP contribution in [0.3, 0.4) is 0 Å². The van der Waals surface area contributed by atoms with Crippen molar-refractivity contribution in [2.24, 2.45) is 0 Å². The third kappa shape index (κ3) is 3.19. The van der Waals surface area contributed by atoms with Crippen LogP contribution in [0.5, 0.6) is 5.75 Å². The van der Waals surface area contributed by atoms with Crippen LogP contribution in [-0.2, 0) is 6.61 Å². The number of hydrogen-bond acceptors (Lipinski definition) is 2. The van der Waals surface area contributed by atoms with E-state index in [2.05, 4.69) is 31.9 Å². The van der Waals surface area contributed by atoms with Crippen LogP contribution < -0.4 is 10.5 Å². The van der Waals surface area contributed by atoms with E-state index in [1.54, 1.807) is 0 Å². The molecule has 0 unspecified atom stereocenters. The van der Waals surface area contributed by atoms with Crippen LogP contribution in [0.25, 0.3) is 0 Å². The third-order valence-electron chi connectivity index (χ3n) is 2.39. The molecule has 0 aliphatic rings. The maximum absolute atomic E-state index is 6.12. The summed E-state index contributed by atoms with van der Waals surface area (Å²) in [7, 11) is 0. The largest absolute Gasteiger partial charge is 0.488 e. The Labute approximate surface area is 127 Å². The fourth-order valence-corrected chi connectivity index (χ4v) is 2.54. The minimum Gasteiger partial charge on any atom is -0.488 e. The van der Waals surface area contributed by atoms with Crippen LogP contribution in [0.4, 0.5) is 5.69 Å². The van der Waals surface area contributed by atoms with E-state index in [0.717, 1.165) is 14.5 Å². The van der Waals surface area contributed by atoms with Crippen molar-refractivity contribution in [1.82, 2.24) is 0 Å². The average Bonchev–Trinajstić information content (AvgIpc) is 2.33. The van der Waals surface area contributed by atoms with Crippen LogP contribution >= 0.6 is 43.5 Å². The van der Waals surface area contributed by atoms with Gasteiger partial charge in [0.15, 0.2) is 0 Å². The van der Waals surface area contributed by atoms with Gasteiger partial charge in [-0.2, -0.15) is 0 Å². The molecule has 2 aromatic rings. The van der Waals surface area contributed by atoms with E-state index in [1.165, 1.54) is 0 Å². The summed E-state index contributed by atoms with van der Waals surface area (Å²) < 4.78 is 7.41. The number of halogens is 3. The molecule has 0 saturated heterocycles. The van der Waals surface area contributed by atoms with Crippen molar-refractivity contribution in [3.63, 3.8) is 0 Å². The Balaban J connectivity index is 2.14. The van der Waals surface area contributed by atoms with Crippen LogP contribution in [0.2, 0.25) is 5.02 Å². The number of nitrogen functional groups attached to an aromatic ring is 1. The molecular weight excluding hydrogens is 381 g/mol. The van der Waals surface area contributed by atoms with E-state index in [-0.39, 0.29) is 0 Å². The number of rotatable bonds is 3. The van der Waals surface area contributed by atoms with Crippen molar-refractivity contribution in [3.8, 4) is 5.75 Å². The smallest absolute Gasteiger partial charge is 0.136 e. The second-order valence-corrected chi connectivity index (χ2v) is 5.80. The molecule has 5 heteroatoms. The van der Waals surface area contributed by atoms with Gasteiger partial charge < -0.3 is 10.5 Å². The predicted octanol–water partition coefficient (Wildman–Crippen LogP) is 5.03. The molecule has 0 aromatic heterocycles. The lowest BCUT2D eigenvalue weighted by molar-refractivity contribution is 0.304. The van der Waals surface area contributed by atoms with Gasteiger partial charge in [-0.05, 0) is 40.2 Å². The molecule has 0 aliphatic carbocycles. The lowest BCUT2D eigenvalue weighted by Crippen LogP contribution is -1.98. The minimum absolute atomic E-state index is 0.397. The Morgan fingerprint density at radius 1 is 1.17 bits per heavy atom. The van der Waals surface area contributed by atoms with Crippen LogP contribution in [-0.4, -0.2) is 0 Å². The fourth-order valence-electron chi connectivity index (χ4n) is 1.43. The van der Waals surface area contributed by atoms with Crippen molar-refractivity contribution in [3.05, 3.63) is 55.9 Å². The van der Waals surface area contributed by atoms with Crippen LogP contribution in [0, 0.1) is 0 Å². The van der Waals surface area contributed by atoms with Gasteiger partial charge in [-0.25, -0.2) is 0 Å². The topological polar surface area (TPSA) is 35.2 Å². The fraction of sp³-hybridized carbons (Fsp3) is 0.0769. The maximum atomic E-state index is 6.12. The summed E-state index contributed by atoms with van der Waals surface area (Å²) in [6.07, 6.45) is 0. The second-order valence-electron chi connectivity index (χ2n) is 3.68. The normalized spacial score (nSPS) is 10.4. The molecule has 2 N–H and O–H groups in total. The minimum atomic E-state index is 0.397.